The van der Waals surface area contributed by atoms with Gasteiger partial charge in [0.15, 0.2) is 0 Å². The largest absolute Gasteiger partial charge is 0.378 e. The Hall–Kier alpha value is -0.280. The Morgan fingerprint density at radius 3 is 2.47 bits per heavy atom. The summed E-state index contributed by atoms with van der Waals surface area (Å²) >= 11 is 5.79. The fraction of sp³-hybridized carbons (Fsp3) is 0.923. The van der Waals surface area contributed by atoms with Crippen LogP contribution in [0.5, 0.6) is 0 Å². The molecule has 1 amide bonds. The highest BCUT2D eigenvalue weighted by Gasteiger charge is 2.41. The molecule has 0 aromatic carbocycles. The van der Waals surface area contributed by atoms with Crippen LogP contribution in [-0.4, -0.2) is 42.0 Å². The molecule has 17 heavy (non-hydrogen) atoms. The van der Waals surface area contributed by atoms with Gasteiger partial charge in [0, 0.05) is 25.6 Å². The topological polar surface area (TPSA) is 29.5 Å². The first-order valence-electron chi connectivity index (χ1n) is 6.61. The molecule has 0 atom stereocenters. The molecule has 4 heteroatoms. The van der Waals surface area contributed by atoms with Crippen molar-refractivity contribution in [1.82, 2.24) is 4.90 Å². The maximum absolute atomic E-state index is 12.3. The number of hydrogen-bond donors (Lipinski definition) is 0. The number of nitrogens with zero attached hydrogens (tertiary/aromatic N) is 1. The first-order valence-corrected chi connectivity index (χ1v) is 7.15. The third-order valence-corrected chi connectivity index (χ3v) is 4.50. The number of carbonyl (C=O) groups excluding carboxylic acids is 1. The number of amides is 1. The standard InChI is InChI=1S/C13H22ClNO2/c1-17-13(6-3-7-13)10-12(16)15(9-8-14)11-4-2-5-11/h11H,2-10H2,1H3. The first-order chi connectivity index (χ1) is 8.21. The van der Waals surface area contributed by atoms with Gasteiger partial charge >= 0.3 is 0 Å². The average molecular weight is 260 g/mol. The van der Waals surface area contributed by atoms with Crippen LogP contribution in [0.15, 0.2) is 0 Å². The summed E-state index contributed by atoms with van der Waals surface area (Å²) in [6.07, 6.45) is 7.29. The minimum absolute atomic E-state index is 0.161. The van der Waals surface area contributed by atoms with E-state index in [1.54, 1.807) is 7.11 Å². The molecule has 0 spiro atoms. The molecular weight excluding hydrogens is 238 g/mol. The lowest BCUT2D eigenvalue weighted by Gasteiger charge is -2.43. The van der Waals surface area contributed by atoms with Crippen LogP contribution in [-0.2, 0) is 9.53 Å². The Morgan fingerprint density at radius 2 is 2.12 bits per heavy atom. The van der Waals surface area contributed by atoms with E-state index in [4.69, 9.17) is 16.3 Å². The summed E-state index contributed by atoms with van der Waals surface area (Å²) in [6, 6.07) is 0.440. The van der Waals surface area contributed by atoms with Crippen molar-refractivity contribution in [1.29, 1.82) is 0 Å². The Balaban J connectivity index is 1.91. The molecule has 0 bridgehead atoms. The van der Waals surface area contributed by atoms with Crippen LogP contribution >= 0.6 is 11.6 Å². The zero-order valence-corrected chi connectivity index (χ0v) is 11.3. The van der Waals surface area contributed by atoms with Crippen LogP contribution in [0, 0.1) is 0 Å². The molecule has 2 aliphatic carbocycles. The monoisotopic (exact) mass is 259 g/mol. The van der Waals surface area contributed by atoms with Crippen molar-refractivity contribution in [2.75, 3.05) is 19.5 Å². The number of rotatable bonds is 6. The minimum atomic E-state index is -0.161. The Kier molecular flexibility index (Phi) is 4.31. The molecule has 0 unspecified atom stereocenters. The van der Waals surface area contributed by atoms with Crippen LogP contribution in [0.25, 0.3) is 0 Å². The van der Waals surface area contributed by atoms with Gasteiger partial charge in [-0.05, 0) is 38.5 Å². The number of halogens is 1. The summed E-state index contributed by atoms with van der Waals surface area (Å²) in [4.78, 5) is 14.3. The maximum atomic E-state index is 12.3. The summed E-state index contributed by atoms with van der Waals surface area (Å²) < 4.78 is 5.52. The SMILES string of the molecule is COC1(CC(=O)N(CCCl)C2CCC2)CCC1. The molecule has 0 heterocycles. The number of carbonyl (C=O) groups is 1. The van der Waals surface area contributed by atoms with Gasteiger partial charge in [0.25, 0.3) is 0 Å². The molecular formula is C13H22ClNO2. The van der Waals surface area contributed by atoms with Crippen LogP contribution < -0.4 is 0 Å². The Morgan fingerprint density at radius 1 is 1.41 bits per heavy atom. The summed E-state index contributed by atoms with van der Waals surface area (Å²) in [5.41, 5.74) is -0.161. The number of methoxy groups -OCH3 is 1. The van der Waals surface area contributed by atoms with E-state index in [0.717, 1.165) is 25.7 Å². The van der Waals surface area contributed by atoms with E-state index >= 15 is 0 Å². The van der Waals surface area contributed by atoms with E-state index < -0.39 is 0 Å². The van der Waals surface area contributed by atoms with Gasteiger partial charge in [-0.2, -0.15) is 0 Å². The highest BCUT2D eigenvalue weighted by Crippen LogP contribution is 2.39. The molecule has 0 aliphatic heterocycles. The van der Waals surface area contributed by atoms with Crippen molar-refractivity contribution in [3.05, 3.63) is 0 Å². The predicted molar refractivity (Wildman–Crippen MR) is 68.3 cm³/mol. The van der Waals surface area contributed by atoms with Crippen molar-refractivity contribution < 1.29 is 9.53 Å². The fourth-order valence-corrected chi connectivity index (χ4v) is 2.88. The third-order valence-electron chi connectivity index (χ3n) is 4.33. The summed E-state index contributed by atoms with van der Waals surface area (Å²) in [6.45, 7) is 0.685. The van der Waals surface area contributed by atoms with E-state index in [9.17, 15) is 4.79 Å². The van der Waals surface area contributed by atoms with Gasteiger partial charge in [0.1, 0.15) is 0 Å². The van der Waals surface area contributed by atoms with Crippen molar-refractivity contribution in [2.24, 2.45) is 0 Å². The molecule has 2 fully saturated rings. The first kappa shape index (κ1) is 13.2. The lowest BCUT2D eigenvalue weighted by atomic mass is 9.77. The van der Waals surface area contributed by atoms with Crippen LogP contribution in [0.1, 0.15) is 44.9 Å². The van der Waals surface area contributed by atoms with Crippen molar-refractivity contribution >= 4 is 17.5 Å². The molecule has 0 aromatic rings. The maximum Gasteiger partial charge on any atom is 0.225 e. The highest BCUT2D eigenvalue weighted by molar-refractivity contribution is 6.18. The number of ether oxygens (including phenoxy) is 1. The molecule has 98 valence electrons. The third kappa shape index (κ3) is 2.76. The number of hydrogen-bond acceptors (Lipinski definition) is 2. The van der Waals surface area contributed by atoms with E-state index in [2.05, 4.69) is 0 Å². The average Bonchev–Trinajstić information content (AvgIpc) is 2.20. The second-order valence-electron chi connectivity index (χ2n) is 5.28. The van der Waals surface area contributed by atoms with Gasteiger partial charge in [0.05, 0.1) is 12.0 Å². The van der Waals surface area contributed by atoms with E-state index in [0.29, 0.717) is 24.9 Å². The lowest BCUT2D eigenvalue weighted by molar-refractivity contribution is -0.147. The van der Waals surface area contributed by atoms with Crippen molar-refractivity contribution in [3.8, 4) is 0 Å². The molecule has 2 aliphatic rings. The van der Waals surface area contributed by atoms with Crippen molar-refractivity contribution in [2.45, 2.75) is 56.6 Å². The molecule has 0 aromatic heterocycles. The Labute approximate surface area is 108 Å². The van der Waals surface area contributed by atoms with E-state index in [-0.39, 0.29) is 11.5 Å². The molecule has 3 nitrogen and oxygen atoms in total. The summed E-state index contributed by atoms with van der Waals surface area (Å²) in [5, 5.41) is 0. The van der Waals surface area contributed by atoms with Gasteiger partial charge < -0.3 is 9.64 Å². The van der Waals surface area contributed by atoms with Crippen LogP contribution in [0.2, 0.25) is 0 Å². The normalized spacial score (nSPS) is 22.7. The van der Waals surface area contributed by atoms with Gasteiger partial charge in [-0.3, -0.25) is 4.79 Å². The summed E-state index contributed by atoms with van der Waals surface area (Å²) in [7, 11) is 1.72. The fourth-order valence-electron chi connectivity index (χ4n) is 2.70. The molecule has 2 saturated carbocycles. The predicted octanol–water partition coefficient (Wildman–Crippen LogP) is 2.57. The summed E-state index contributed by atoms with van der Waals surface area (Å²) in [5.74, 6) is 0.763. The van der Waals surface area contributed by atoms with Crippen molar-refractivity contribution in [3.63, 3.8) is 0 Å². The zero-order chi connectivity index (χ0) is 12.3. The second-order valence-corrected chi connectivity index (χ2v) is 5.66. The van der Waals surface area contributed by atoms with Gasteiger partial charge in [-0.25, -0.2) is 0 Å². The van der Waals surface area contributed by atoms with Gasteiger partial charge in [-0.1, -0.05) is 0 Å². The lowest BCUT2D eigenvalue weighted by Crippen LogP contribution is -2.50. The van der Waals surface area contributed by atoms with Gasteiger partial charge in [0.2, 0.25) is 5.91 Å². The highest BCUT2D eigenvalue weighted by atomic mass is 35.5. The van der Waals surface area contributed by atoms with Crippen LogP contribution in [0.4, 0.5) is 0 Å². The molecule has 0 radical (unpaired) electrons. The molecule has 0 N–H and O–H groups in total. The molecule has 2 rings (SSSR count). The molecule has 0 saturated heterocycles. The van der Waals surface area contributed by atoms with E-state index in [1.165, 1.54) is 12.8 Å². The van der Waals surface area contributed by atoms with Crippen LogP contribution in [0.3, 0.4) is 0 Å². The van der Waals surface area contributed by atoms with E-state index in [1.807, 2.05) is 4.90 Å². The van der Waals surface area contributed by atoms with Gasteiger partial charge in [-0.15, -0.1) is 11.6 Å². The Bertz CT molecular complexity index is 269. The second kappa shape index (κ2) is 5.57. The zero-order valence-electron chi connectivity index (χ0n) is 10.6. The smallest absolute Gasteiger partial charge is 0.225 e. The number of alkyl halides is 1. The quantitative estimate of drug-likeness (QED) is 0.686. The minimum Gasteiger partial charge on any atom is -0.378 e.